The van der Waals surface area contributed by atoms with Crippen molar-refractivity contribution in [2.24, 2.45) is 0 Å². The fourth-order valence-corrected chi connectivity index (χ4v) is 1.59. The number of rotatable bonds is 5. The molecule has 1 aromatic heterocycles. The van der Waals surface area contributed by atoms with Gasteiger partial charge in [0.25, 0.3) is 0 Å². The average molecular weight is 232 g/mol. The molecule has 0 fully saturated rings. The van der Waals surface area contributed by atoms with Crippen LogP contribution in [0.3, 0.4) is 0 Å². The normalized spacial score (nSPS) is 10.4. The van der Waals surface area contributed by atoms with Crippen LogP contribution in [0.5, 0.6) is 0 Å². The Labute approximate surface area is 97.7 Å². The zero-order valence-corrected chi connectivity index (χ0v) is 9.13. The minimum absolute atomic E-state index is 0.187. The maximum absolute atomic E-state index is 10.4. The maximum Gasteiger partial charge on any atom is 0.303 e. The second-order valence-electron chi connectivity index (χ2n) is 3.68. The highest BCUT2D eigenvalue weighted by molar-refractivity contribution is 5.66. The summed E-state index contributed by atoms with van der Waals surface area (Å²) >= 11 is 0. The Morgan fingerprint density at radius 2 is 2.29 bits per heavy atom. The van der Waals surface area contributed by atoms with E-state index in [0.29, 0.717) is 12.2 Å². The van der Waals surface area contributed by atoms with Crippen LogP contribution in [0.2, 0.25) is 0 Å². The predicted octanol–water partition coefficient (Wildman–Crippen LogP) is 1.27. The van der Waals surface area contributed by atoms with Crippen LogP contribution in [0.15, 0.2) is 24.3 Å². The molecule has 2 N–H and O–H groups in total. The topological polar surface area (TPSA) is 91.8 Å². The third-order valence-corrected chi connectivity index (χ3v) is 2.39. The summed E-state index contributed by atoms with van der Waals surface area (Å²) in [5.41, 5.74) is 1.96. The highest BCUT2D eigenvalue weighted by Crippen LogP contribution is 2.16. The first kappa shape index (κ1) is 11.3. The van der Waals surface area contributed by atoms with Gasteiger partial charge >= 0.3 is 5.97 Å². The number of carbonyl (C=O) groups is 1. The number of aromatic amines is 1. The van der Waals surface area contributed by atoms with Crippen LogP contribution in [0.4, 0.5) is 0 Å². The number of aryl methyl sites for hydroxylation is 1. The fourth-order valence-electron chi connectivity index (χ4n) is 1.59. The van der Waals surface area contributed by atoms with Gasteiger partial charge in [0.15, 0.2) is 0 Å². The first-order valence-corrected chi connectivity index (χ1v) is 5.30. The Bertz CT molecular complexity index is 496. The summed E-state index contributed by atoms with van der Waals surface area (Å²) in [5.74, 6) is -0.218. The van der Waals surface area contributed by atoms with Gasteiger partial charge in [0.2, 0.25) is 5.82 Å². The first-order valence-electron chi connectivity index (χ1n) is 5.30. The molecule has 2 rings (SSSR count). The van der Waals surface area contributed by atoms with Crippen molar-refractivity contribution < 1.29 is 9.90 Å². The lowest BCUT2D eigenvalue weighted by atomic mass is 10.1. The minimum Gasteiger partial charge on any atom is -0.481 e. The Balaban J connectivity index is 2.04. The van der Waals surface area contributed by atoms with Crippen LogP contribution < -0.4 is 0 Å². The molecule has 0 spiro atoms. The van der Waals surface area contributed by atoms with E-state index < -0.39 is 5.97 Å². The molecule has 0 aliphatic rings. The molecule has 6 nitrogen and oxygen atoms in total. The molecule has 6 heteroatoms. The van der Waals surface area contributed by atoms with Gasteiger partial charge in [-0.05, 0) is 29.7 Å². The van der Waals surface area contributed by atoms with Gasteiger partial charge in [-0.1, -0.05) is 18.2 Å². The number of hydrogen-bond acceptors (Lipinski definition) is 4. The van der Waals surface area contributed by atoms with Crippen molar-refractivity contribution >= 4 is 5.97 Å². The van der Waals surface area contributed by atoms with E-state index in [1.165, 1.54) is 0 Å². The molecule has 0 saturated carbocycles. The molecule has 17 heavy (non-hydrogen) atoms. The van der Waals surface area contributed by atoms with Gasteiger partial charge in [-0.3, -0.25) is 4.79 Å². The second kappa shape index (κ2) is 5.20. The van der Waals surface area contributed by atoms with Gasteiger partial charge < -0.3 is 5.11 Å². The van der Waals surface area contributed by atoms with Crippen LogP contribution >= 0.6 is 0 Å². The molecule has 0 amide bonds. The second-order valence-corrected chi connectivity index (χ2v) is 3.68. The quantitative estimate of drug-likeness (QED) is 0.810. The van der Waals surface area contributed by atoms with Crippen LogP contribution in [-0.2, 0) is 11.2 Å². The van der Waals surface area contributed by atoms with Gasteiger partial charge in [-0.25, -0.2) is 0 Å². The van der Waals surface area contributed by atoms with Gasteiger partial charge in [0.05, 0.1) is 0 Å². The molecule has 0 saturated heterocycles. The number of benzene rings is 1. The van der Waals surface area contributed by atoms with E-state index >= 15 is 0 Å². The first-order chi connectivity index (χ1) is 8.25. The Kier molecular flexibility index (Phi) is 3.44. The maximum atomic E-state index is 10.4. The van der Waals surface area contributed by atoms with E-state index in [0.717, 1.165) is 17.5 Å². The van der Waals surface area contributed by atoms with Crippen molar-refractivity contribution in [1.82, 2.24) is 20.6 Å². The third-order valence-electron chi connectivity index (χ3n) is 2.39. The summed E-state index contributed by atoms with van der Waals surface area (Å²) < 4.78 is 0. The fraction of sp³-hybridized carbons (Fsp3) is 0.273. The summed E-state index contributed by atoms with van der Waals surface area (Å²) in [7, 11) is 0. The monoisotopic (exact) mass is 232 g/mol. The van der Waals surface area contributed by atoms with Crippen molar-refractivity contribution in [2.75, 3.05) is 0 Å². The van der Waals surface area contributed by atoms with Crippen molar-refractivity contribution in [1.29, 1.82) is 0 Å². The van der Waals surface area contributed by atoms with Crippen LogP contribution in [-0.4, -0.2) is 31.7 Å². The molecule has 2 aromatic rings. The molecule has 0 aliphatic carbocycles. The smallest absolute Gasteiger partial charge is 0.303 e. The van der Waals surface area contributed by atoms with E-state index in [2.05, 4.69) is 20.6 Å². The molecule has 0 atom stereocenters. The number of carboxylic acid groups (broad SMARTS) is 1. The lowest BCUT2D eigenvalue weighted by molar-refractivity contribution is -0.137. The van der Waals surface area contributed by atoms with Gasteiger partial charge in [0, 0.05) is 12.0 Å². The summed E-state index contributed by atoms with van der Waals surface area (Å²) in [4.78, 5) is 10.4. The predicted molar refractivity (Wildman–Crippen MR) is 60.2 cm³/mol. The molecule has 88 valence electrons. The van der Waals surface area contributed by atoms with E-state index in [-0.39, 0.29) is 6.42 Å². The Hall–Kier alpha value is -2.24. The SMILES string of the molecule is O=C(O)CCCc1cccc(-c2nn[nH]n2)c1. The molecular formula is C11H12N4O2. The van der Waals surface area contributed by atoms with Crippen LogP contribution in [0, 0.1) is 0 Å². The number of nitrogens with one attached hydrogen (secondary N) is 1. The third kappa shape index (κ3) is 3.10. The Morgan fingerprint density at radius 1 is 1.41 bits per heavy atom. The molecule has 0 radical (unpaired) electrons. The molecule has 0 unspecified atom stereocenters. The number of nitrogens with zero attached hydrogens (tertiary/aromatic N) is 3. The largest absolute Gasteiger partial charge is 0.481 e. The lowest BCUT2D eigenvalue weighted by Crippen LogP contribution is -1.96. The zero-order chi connectivity index (χ0) is 12.1. The van der Waals surface area contributed by atoms with E-state index in [1.807, 2.05) is 24.3 Å². The number of aromatic nitrogens is 4. The van der Waals surface area contributed by atoms with Crippen molar-refractivity contribution in [2.45, 2.75) is 19.3 Å². The number of hydrogen-bond donors (Lipinski definition) is 2. The zero-order valence-electron chi connectivity index (χ0n) is 9.13. The highest BCUT2D eigenvalue weighted by atomic mass is 16.4. The van der Waals surface area contributed by atoms with Gasteiger partial charge in [-0.2, -0.15) is 5.21 Å². The van der Waals surface area contributed by atoms with Crippen LogP contribution in [0.1, 0.15) is 18.4 Å². The average Bonchev–Trinajstić information content (AvgIpc) is 2.82. The van der Waals surface area contributed by atoms with Gasteiger partial charge in [0.1, 0.15) is 0 Å². The molecule has 0 bridgehead atoms. The summed E-state index contributed by atoms with van der Waals surface area (Å²) in [5, 5.41) is 22.3. The van der Waals surface area contributed by atoms with Crippen molar-refractivity contribution in [3.63, 3.8) is 0 Å². The van der Waals surface area contributed by atoms with E-state index in [9.17, 15) is 4.79 Å². The number of aliphatic carboxylic acids is 1. The standard InChI is InChI=1S/C11H12N4O2/c16-10(17)6-2-4-8-3-1-5-9(7-8)11-12-14-15-13-11/h1,3,5,7H,2,4,6H2,(H,16,17)(H,12,13,14,15). The molecule has 1 aromatic carbocycles. The van der Waals surface area contributed by atoms with Gasteiger partial charge in [-0.15, -0.1) is 10.2 Å². The van der Waals surface area contributed by atoms with Crippen molar-refractivity contribution in [3.05, 3.63) is 29.8 Å². The van der Waals surface area contributed by atoms with Crippen molar-refractivity contribution in [3.8, 4) is 11.4 Å². The van der Waals surface area contributed by atoms with E-state index in [4.69, 9.17) is 5.11 Å². The Morgan fingerprint density at radius 3 is 3.00 bits per heavy atom. The molecule has 0 aliphatic heterocycles. The van der Waals surface area contributed by atoms with E-state index in [1.54, 1.807) is 0 Å². The molecular weight excluding hydrogens is 220 g/mol. The molecule has 1 heterocycles. The summed E-state index contributed by atoms with van der Waals surface area (Å²) in [6.07, 6.45) is 1.55. The lowest BCUT2D eigenvalue weighted by Gasteiger charge is -2.01. The van der Waals surface area contributed by atoms with Crippen LogP contribution in [0.25, 0.3) is 11.4 Å². The minimum atomic E-state index is -0.765. The summed E-state index contributed by atoms with van der Waals surface area (Å²) in [6.45, 7) is 0. The number of tetrazole rings is 1. The number of H-pyrrole nitrogens is 1. The highest BCUT2D eigenvalue weighted by Gasteiger charge is 2.04. The number of carboxylic acids is 1. The summed E-state index contributed by atoms with van der Waals surface area (Å²) in [6, 6.07) is 7.71.